The lowest BCUT2D eigenvalue weighted by atomic mass is 10.1. The highest BCUT2D eigenvalue weighted by molar-refractivity contribution is 5.77. The Labute approximate surface area is 114 Å². The largest absolute Gasteiger partial charge is 0.370 e. The molecule has 1 aromatic rings. The van der Waals surface area contributed by atoms with Crippen LogP contribution in [-0.2, 0) is 0 Å². The first kappa shape index (κ1) is 15.4. The summed E-state index contributed by atoms with van der Waals surface area (Å²) < 4.78 is 12.9. The third-order valence-electron chi connectivity index (χ3n) is 2.87. The van der Waals surface area contributed by atoms with E-state index < -0.39 is 0 Å². The molecule has 0 heterocycles. The number of aliphatic imine (C=N–C) groups is 1. The molecule has 0 fully saturated rings. The van der Waals surface area contributed by atoms with Crippen molar-refractivity contribution in [3.05, 3.63) is 35.6 Å². The molecule has 0 saturated carbocycles. The van der Waals surface area contributed by atoms with Crippen LogP contribution in [0.2, 0.25) is 0 Å². The first-order valence-electron chi connectivity index (χ1n) is 6.50. The number of rotatable bonds is 6. The molecule has 4 nitrogen and oxygen atoms in total. The number of nitrogens with one attached hydrogen (secondary N) is 1. The smallest absolute Gasteiger partial charge is 0.188 e. The number of nitrogens with zero attached hydrogens (tertiary/aromatic N) is 2. The zero-order valence-electron chi connectivity index (χ0n) is 11.9. The molecule has 0 amide bonds. The maximum absolute atomic E-state index is 12.9. The van der Waals surface area contributed by atoms with Crippen LogP contribution < -0.4 is 11.1 Å². The third kappa shape index (κ3) is 5.26. The predicted molar refractivity (Wildman–Crippen MR) is 77.6 cm³/mol. The van der Waals surface area contributed by atoms with E-state index in [4.69, 9.17) is 5.73 Å². The molecule has 0 bridgehead atoms. The normalized spacial score (nSPS) is 13.6. The molecule has 19 heavy (non-hydrogen) atoms. The Morgan fingerprint density at radius 2 is 2.00 bits per heavy atom. The zero-order valence-corrected chi connectivity index (χ0v) is 11.9. The molecule has 3 N–H and O–H groups in total. The van der Waals surface area contributed by atoms with Gasteiger partial charge in [-0.15, -0.1) is 0 Å². The summed E-state index contributed by atoms with van der Waals surface area (Å²) in [5, 5.41) is 3.04. The molecule has 0 spiro atoms. The van der Waals surface area contributed by atoms with Gasteiger partial charge in [0.05, 0.1) is 12.6 Å². The van der Waals surface area contributed by atoms with Crippen LogP contribution in [0, 0.1) is 5.82 Å². The number of hydrogen-bond donors (Lipinski definition) is 2. The lowest BCUT2D eigenvalue weighted by Gasteiger charge is -2.23. The maximum atomic E-state index is 12.9. The van der Waals surface area contributed by atoms with Crippen molar-refractivity contribution in [3.63, 3.8) is 0 Å². The van der Waals surface area contributed by atoms with E-state index >= 15 is 0 Å². The van der Waals surface area contributed by atoms with Crippen LogP contribution in [0.4, 0.5) is 4.39 Å². The van der Waals surface area contributed by atoms with Crippen molar-refractivity contribution in [3.8, 4) is 0 Å². The van der Waals surface area contributed by atoms with Crippen LogP contribution in [0.5, 0.6) is 0 Å². The lowest BCUT2D eigenvalue weighted by molar-refractivity contribution is 0.306. The second-order valence-electron chi connectivity index (χ2n) is 4.68. The fourth-order valence-electron chi connectivity index (χ4n) is 1.75. The van der Waals surface area contributed by atoms with Crippen LogP contribution in [0.15, 0.2) is 29.3 Å². The summed E-state index contributed by atoms with van der Waals surface area (Å²) >= 11 is 0. The molecule has 0 aliphatic rings. The van der Waals surface area contributed by atoms with E-state index in [1.54, 1.807) is 12.1 Å². The molecule has 0 radical (unpaired) electrons. The molecule has 0 saturated heterocycles. The highest BCUT2D eigenvalue weighted by atomic mass is 19.1. The minimum Gasteiger partial charge on any atom is -0.370 e. The third-order valence-corrected chi connectivity index (χ3v) is 2.87. The average Bonchev–Trinajstić information content (AvgIpc) is 2.38. The number of guanidine groups is 1. The number of hydrogen-bond acceptors (Lipinski definition) is 2. The summed E-state index contributed by atoms with van der Waals surface area (Å²) in [7, 11) is 3.94. The van der Waals surface area contributed by atoms with Gasteiger partial charge in [-0.25, -0.2) is 4.39 Å². The van der Waals surface area contributed by atoms with Gasteiger partial charge in [-0.3, -0.25) is 4.99 Å². The Morgan fingerprint density at radius 3 is 2.53 bits per heavy atom. The minimum atomic E-state index is -0.228. The van der Waals surface area contributed by atoms with Gasteiger partial charge in [0.2, 0.25) is 0 Å². The highest BCUT2D eigenvalue weighted by Gasteiger charge is 2.13. The number of likely N-dealkylation sites (N-methyl/N-ethyl adjacent to an activating group) is 1. The number of halogens is 1. The molecule has 0 aromatic heterocycles. The molecule has 106 valence electrons. The Kier molecular flexibility index (Phi) is 6.29. The lowest BCUT2D eigenvalue weighted by Crippen LogP contribution is -2.33. The Hall–Kier alpha value is -1.62. The summed E-state index contributed by atoms with van der Waals surface area (Å²) in [4.78, 5) is 6.38. The van der Waals surface area contributed by atoms with E-state index in [0.29, 0.717) is 12.5 Å². The topological polar surface area (TPSA) is 53.6 Å². The standard InChI is InChI=1S/C14H23FN4/c1-4-9-17-14(16)18-10-13(19(2)3)11-5-7-12(15)8-6-11/h5-8,13H,4,9-10H2,1-3H3,(H3,16,17,18). The van der Waals surface area contributed by atoms with Crippen molar-refractivity contribution in [2.24, 2.45) is 10.7 Å². The van der Waals surface area contributed by atoms with Gasteiger partial charge >= 0.3 is 0 Å². The van der Waals surface area contributed by atoms with Gasteiger partial charge in [0.1, 0.15) is 5.82 Å². The van der Waals surface area contributed by atoms with Crippen molar-refractivity contribution in [2.75, 3.05) is 27.2 Å². The molecule has 1 unspecified atom stereocenters. The summed E-state index contributed by atoms with van der Waals surface area (Å²) in [5.41, 5.74) is 6.80. The van der Waals surface area contributed by atoms with Gasteiger partial charge in [-0.2, -0.15) is 0 Å². The Bertz CT molecular complexity index is 400. The fourth-order valence-corrected chi connectivity index (χ4v) is 1.75. The van der Waals surface area contributed by atoms with Gasteiger partial charge in [0.25, 0.3) is 0 Å². The monoisotopic (exact) mass is 266 g/mol. The molecule has 0 aliphatic carbocycles. The van der Waals surface area contributed by atoms with Crippen LogP contribution in [0.25, 0.3) is 0 Å². The minimum absolute atomic E-state index is 0.0857. The number of nitrogens with two attached hydrogens (primary N) is 1. The predicted octanol–water partition coefficient (Wildman–Crippen LogP) is 1.74. The van der Waals surface area contributed by atoms with Crippen LogP contribution in [-0.4, -0.2) is 38.0 Å². The SMILES string of the molecule is CCCNC(N)=NCC(c1ccc(F)cc1)N(C)C. The van der Waals surface area contributed by atoms with Gasteiger partial charge < -0.3 is 16.0 Å². The van der Waals surface area contributed by atoms with Crippen molar-refractivity contribution < 1.29 is 4.39 Å². The summed E-state index contributed by atoms with van der Waals surface area (Å²) in [5.74, 6) is 0.227. The summed E-state index contributed by atoms with van der Waals surface area (Å²) in [6.07, 6.45) is 1.01. The van der Waals surface area contributed by atoms with E-state index in [1.807, 2.05) is 19.0 Å². The van der Waals surface area contributed by atoms with E-state index in [-0.39, 0.29) is 11.9 Å². The zero-order chi connectivity index (χ0) is 14.3. The van der Waals surface area contributed by atoms with Crippen molar-refractivity contribution in [1.29, 1.82) is 0 Å². The maximum Gasteiger partial charge on any atom is 0.188 e. The molecule has 1 aromatic carbocycles. The van der Waals surface area contributed by atoms with Gasteiger partial charge in [0.15, 0.2) is 5.96 Å². The second-order valence-corrected chi connectivity index (χ2v) is 4.68. The van der Waals surface area contributed by atoms with Crippen molar-refractivity contribution in [2.45, 2.75) is 19.4 Å². The highest BCUT2D eigenvalue weighted by Crippen LogP contribution is 2.18. The van der Waals surface area contributed by atoms with E-state index in [2.05, 4.69) is 17.2 Å². The first-order valence-corrected chi connectivity index (χ1v) is 6.50. The molecular weight excluding hydrogens is 243 g/mol. The van der Waals surface area contributed by atoms with Crippen molar-refractivity contribution in [1.82, 2.24) is 10.2 Å². The average molecular weight is 266 g/mol. The Morgan fingerprint density at radius 1 is 1.37 bits per heavy atom. The molecular formula is C14H23FN4. The van der Waals surface area contributed by atoms with Crippen LogP contribution in [0.1, 0.15) is 24.9 Å². The van der Waals surface area contributed by atoms with Gasteiger partial charge in [0, 0.05) is 6.54 Å². The van der Waals surface area contributed by atoms with Gasteiger partial charge in [-0.1, -0.05) is 19.1 Å². The molecule has 0 aliphatic heterocycles. The van der Waals surface area contributed by atoms with E-state index in [0.717, 1.165) is 18.5 Å². The van der Waals surface area contributed by atoms with Crippen LogP contribution >= 0.6 is 0 Å². The molecule has 1 atom stereocenters. The van der Waals surface area contributed by atoms with Crippen molar-refractivity contribution >= 4 is 5.96 Å². The summed E-state index contributed by atoms with van der Waals surface area (Å²) in [6.45, 7) is 3.43. The first-order chi connectivity index (χ1) is 9.04. The van der Waals surface area contributed by atoms with Crippen LogP contribution in [0.3, 0.4) is 0 Å². The second kappa shape index (κ2) is 7.74. The quantitative estimate of drug-likeness (QED) is 0.609. The summed E-state index contributed by atoms with van der Waals surface area (Å²) in [6, 6.07) is 6.58. The molecule has 5 heteroatoms. The van der Waals surface area contributed by atoms with E-state index in [9.17, 15) is 4.39 Å². The number of benzene rings is 1. The molecule has 1 rings (SSSR count). The Balaban J connectivity index is 2.71. The van der Waals surface area contributed by atoms with Gasteiger partial charge in [-0.05, 0) is 38.2 Å². The fraction of sp³-hybridized carbons (Fsp3) is 0.500. The van der Waals surface area contributed by atoms with E-state index in [1.165, 1.54) is 12.1 Å².